The fraction of sp³-hybridized carbons (Fsp3) is 0.625. The van der Waals surface area contributed by atoms with Crippen molar-refractivity contribution in [3.8, 4) is 11.5 Å². The normalized spacial score (nSPS) is 12.5. The molecule has 1 rings (SSSR count). The molecule has 0 heterocycles. The predicted octanol–water partition coefficient (Wildman–Crippen LogP) is 3.41. The Hall–Kier alpha value is -1.22. The highest BCUT2D eigenvalue weighted by Gasteiger charge is 2.09. The average molecular weight is 265 g/mol. The fourth-order valence-corrected chi connectivity index (χ4v) is 2.20. The maximum atomic E-state index is 5.65. The van der Waals surface area contributed by atoms with Crippen molar-refractivity contribution in [2.24, 2.45) is 0 Å². The second-order valence-electron chi connectivity index (χ2n) is 5.07. The Balaban J connectivity index is 2.76. The Morgan fingerprint density at radius 3 is 2.21 bits per heavy atom. The first-order valence-electron chi connectivity index (χ1n) is 7.21. The molecule has 0 aliphatic rings. The van der Waals surface area contributed by atoms with Crippen molar-refractivity contribution in [1.29, 1.82) is 0 Å². The van der Waals surface area contributed by atoms with Crippen molar-refractivity contribution >= 4 is 0 Å². The number of hydrogen-bond donors (Lipinski definition) is 1. The molecular weight excluding hydrogens is 238 g/mol. The molecule has 1 aromatic carbocycles. The van der Waals surface area contributed by atoms with E-state index in [-0.39, 0.29) is 0 Å². The molecule has 0 aliphatic heterocycles. The molecule has 0 saturated carbocycles. The van der Waals surface area contributed by atoms with E-state index in [0.717, 1.165) is 17.9 Å². The van der Waals surface area contributed by atoms with Crippen LogP contribution in [-0.4, -0.2) is 25.3 Å². The van der Waals surface area contributed by atoms with Gasteiger partial charge in [0.1, 0.15) is 0 Å². The molecule has 0 aromatic heterocycles. The second kappa shape index (κ2) is 8.05. The summed E-state index contributed by atoms with van der Waals surface area (Å²) in [6.45, 7) is 11.8. The predicted molar refractivity (Wildman–Crippen MR) is 80.2 cm³/mol. The highest BCUT2D eigenvalue weighted by atomic mass is 16.5. The van der Waals surface area contributed by atoms with E-state index in [0.29, 0.717) is 25.3 Å². The summed E-state index contributed by atoms with van der Waals surface area (Å²) < 4.78 is 11.2. The van der Waals surface area contributed by atoms with Gasteiger partial charge in [-0.25, -0.2) is 0 Å². The molecule has 0 bridgehead atoms. The molecule has 1 aromatic rings. The average Bonchev–Trinajstić information content (AvgIpc) is 2.32. The quantitative estimate of drug-likeness (QED) is 0.781. The Kier molecular flexibility index (Phi) is 6.71. The van der Waals surface area contributed by atoms with Crippen molar-refractivity contribution < 1.29 is 9.47 Å². The number of hydrogen-bond acceptors (Lipinski definition) is 3. The summed E-state index contributed by atoms with van der Waals surface area (Å²) in [7, 11) is 0. The van der Waals surface area contributed by atoms with Crippen LogP contribution in [0.15, 0.2) is 18.2 Å². The van der Waals surface area contributed by atoms with Gasteiger partial charge in [0, 0.05) is 12.1 Å². The van der Waals surface area contributed by atoms with Gasteiger partial charge < -0.3 is 14.8 Å². The SMILES string of the molecule is CCOc1ccc(CC(C)NC(C)C)cc1OCC. The van der Waals surface area contributed by atoms with E-state index in [1.54, 1.807) is 0 Å². The first kappa shape index (κ1) is 15.8. The summed E-state index contributed by atoms with van der Waals surface area (Å²) in [6, 6.07) is 7.17. The third-order valence-corrected chi connectivity index (χ3v) is 2.77. The second-order valence-corrected chi connectivity index (χ2v) is 5.07. The molecule has 108 valence electrons. The first-order chi connectivity index (χ1) is 9.06. The number of nitrogens with one attached hydrogen (secondary N) is 1. The molecule has 1 atom stereocenters. The standard InChI is InChI=1S/C16H27NO2/c1-6-18-15-9-8-14(11-16(15)19-7-2)10-13(5)17-12(3)4/h8-9,11-13,17H,6-7,10H2,1-5H3. The molecule has 3 heteroatoms. The van der Waals surface area contributed by atoms with Gasteiger partial charge >= 0.3 is 0 Å². The zero-order valence-electron chi connectivity index (χ0n) is 12.8. The summed E-state index contributed by atoms with van der Waals surface area (Å²) in [6.07, 6.45) is 0.991. The van der Waals surface area contributed by atoms with Gasteiger partial charge in [0.2, 0.25) is 0 Å². The highest BCUT2D eigenvalue weighted by molar-refractivity contribution is 5.43. The molecule has 19 heavy (non-hydrogen) atoms. The molecule has 1 unspecified atom stereocenters. The molecule has 0 amide bonds. The van der Waals surface area contributed by atoms with Crippen LogP contribution < -0.4 is 14.8 Å². The minimum absolute atomic E-state index is 0.451. The number of benzene rings is 1. The van der Waals surface area contributed by atoms with E-state index >= 15 is 0 Å². The molecule has 0 fully saturated rings. The van der Waals surface area contributed by atoms with Crippen LogP contribution in [0.3, 0.4) is 0 Å². The van der Waals surface area contributed by atoms with Gasteiger partial charge in [0.25, 0.3) is 0 Å². The maximum absolute atomic E-state index is 5.65. The van der Waals surface area contributed by atoms with Gasteiger partial charge in [-0.05, 0) is 44.9 Å². The smallest absolute Gasteiger partial charge is 0.161 e. The van der Waals surface area contributed by atoms with E-state index in [4.69, 9.17) is 9.47 Å². The van der Waals surface area contributed by atoms with Crippen LogP contribution in [0.4, 0.5) is 0 Å². The maximum Gasteiger partial charge on any atom is 0.161 e. The lowest BCUT2D eigenvalue weighted by Crippen LogP contribution is -2.33. The van der Waals surface area contributed by atoms with Crippen molar-refractivity contribution in [2.45, 2.75) is 53.1 Å². The minimum Gasteiger partial charge on any atom is -0.490 e. The van der Waals surface area contributed by atoms with E-state index in [2.05, 4.69) is 38.2 Å². The zero-order valence-corrected chi connectivity index (χ0v) is 12.8. The molecule has 3 nitrogen and oxygen atoms in total. The molecule has 0 aliphatic carbocycles. The van der Waals surface area contributed by atoms with Crippen molar-refractivity contribution in [3.63, 3.8) is 0 Å². The topological polar surface area (TPSA) is 30.5 Å². The lowest BCUT2D eigenvalue weighted by atomic mass is 10.1. The van der Waals surface area contributed by atoms with Gasteiger partial charge in [-0.2, -0.15) is 0 Å². The van der Waals surface area contributed by atoms with E-state index in [1.165, 1.54) is 5.56 Å². The Bertz CT molecular complexity index is 377. The first-order valence-corrected chi connectivity index (χ1v) is 7.21. The highest BCUT2D eigenvalue weighted by Crippen LogP contribution is 2.29. The molecule has 1 N–H and O–H groups in total. The Morgan fingerprint density at radius 1 is 1.00 bits per heavy atom. The van der Waals surface area contributed by atoms with Crippen LogP contribution in [-0.2, 0) is 6.42 Å². The van der Waals surface area contributed by atoms with E-state index in [9.17, 15) is 0 Å². The summed E-state index contributed by atoms with van der Waals surface area (Å²) in [5, 5.41) is 3.51. The van der Waals surface area contributed by atoms with Gasteiger partial charge in [-0.3, -0.25) is 0 Å². The van der Waals surface area contributed by atoms with Crippen LogP contribution in [0.1, 0.15) is 40.2 Å². The largest absolute Gasteiger partial charge is 0.490 e. The van der Waals surface area contributed by atoms with E-state index in [1.807, 2.05) is 19.9 Å². The molecular formula is C16H27NO2. The van der Waals surface area contributed by atoms with Crippen LogP contribution in [0.5, 0.6) is 11.5 Å². The fourth-order valence-electron chi connectivity index (χ4n) is 2.20. The van der Waals surface area contributed by atoms with Gasteiger partial charge in [-0.1, -0.05) is 19.9 Å². The summed E-state index contributed by atoms with van der Waals surface area (Å²) in [5.41, 5.74) is 1.27. The van der Waals surface area contributed by atoms with Crippen LogP contribution in [0, 0.1) is 0 Å². The third-order valence-electron chi connectivity index (χ3n) is 2.77. The number of rotatable bonds is 8. The summed E-state index contributed by atoms with van der Waals surface area (Å²) in [4.78, 5) is 0. The lowest BCUT2D eigenvalue weighted by Gasteiger charge is -2.18. The van der Waals surface area contributed by atoms with Crippen LogP contribution >= 0.6 is 0 Å². The van der Waals surface area contributed by atoms with Crippen molar-refractivity contribution in [1.82, 2.24) is 5.32 Å². The van der Waals surface area contributed by atoms with E-state index < -0.39 is 0 Å². The Morgan fingerprint density at radius 2 is 1.63 bits per heavy atom. The van der Waals surface area contributed by atoms with Crippen LogP contribution in [0.25, 0.3) is 0 Å². The lowest BCUT2D eigenvalue weighted by molar-refractivity contribution is 0.287. The molecule has 0 radical (unpaired) electrons. The molecule has 0 spiro atoms. The monoisotopic (exact) mass is 265 g/mol. The van der Waals surface area contributed by atoms with Crippen LogP contribution in [0.2, 0.25) is 0 Å². The van der Waals surface area contributed by atoms with Crippen molar-refractivity contribution in [2.75, 3.05) is 13.2 Å². The van der Waals surface area contributed by atoms with Gasteiger partial charge in [0.05, 0.1) is 13.2 Å². The minimum atomic E-state index is 0.451. The van der Waals surface area contributed by atoms with Crippen molar-refractivity contribution in [3.05, 3.63) is 23.8 Å². The van der Waals surface area contributed by atoms with Gasteiger partial charge in [-0.15, -0.1) is 0 Å². The summed E-state index contributed by atoms with van der Waals surface area (Å²) in [5.74, 6) is 1.68. The third kappa shape index (κ3) is 5.52. The summed E-state index contributed by atoms with van der Waals surface area (Å²) >= 11 is 0. The zero-order chi connectivity index (χ0) is 14.3. The molecule has 0 saturated heterocycles. The van der Waals surface area contributed by atoms with Gasteiger partial charge in [0.15, 0.2) is 11.5 Å². The number of ether oxygens (including phenoxy) is 2. The Labute approximate surface area is 117 Å².